The van der Waals surface area contributed by atoms with Crippen molar-refractivity contribution in [2.45, 2.75) is 27.0 Å². The first-order valence-corrected chi connectivity index (χ1v) is 9.99. The van der Waals surface area contributed by atoms with Crippen LogP contribution in [-0.2, 0) is 0 Å². The Morgan fingerprint density at radius 2 is 1.48 bits per heavy atom. The molecule has 1 atom stereocenters. The number of hydrogen-bond acceptors (Lipinski definition) is 5. The molecule has 0 saturated heterocycles. The molecule has 5 heteroatoms. The van der Waals surface area contributed by atoms with Crippen molar-refractivity contribution in [1.82, 2.24) is 0 Å². The molecule has 3 aromatic rings. The second-order valence-corrected chi connectivity index (χ2v) is 7.04. The molecule has 1 unspecified atom stereocenters. The molecule has 1 heterocycles. The lowest BCUT2D eigenvalue weighted by atomic mass is 10.2. The Labute approximate surface area is 171 Å². The van der Waals surface area contributed by atoms with E-state index in [-0.39, 0.29) is 6.23 Å². The van der Waals surface area contributed by atoms with Crippen LogP contribution in [0, 0.1) is 6.92 Å². The Hall–Kier alpha value is -3.34. The molecule has 0 aliphatic carbocycles. The second-order valence-electron chi connectivity index (χ2n) is 7.04. The van der Waals surface area contributed by atoms with Crippen molar-refractivity contribution in [2.24, 2.45) is 0 Å². The lowest BCUT2D eigenvalue weighted by Gasteiger charge is -2.20. The van der Waals surface area contributed by atoms with E-state index in [0.717, 1.165) is 30.1 Å². The highest BCUT2D eigenvalue weighted by Gasteiger charge is 2.23. The van der Waals surface area contributed by atoms with Crippen LogP contribution in [0.15, 0.2) is 66.7 Å². The number of hydrogen-bond donors (Lipinski definition) is 1. The SMILES string of the molecule is CCN(CC)c1ccc(OOc2ccc(C3Nc4ccc(C)cc4O3)cc2)cc1. The van der Waals surface area contributed by atoms with Gasteiger partial charge in [-0.1, -0.05) is 6.07 Å². The molecule has 1 aliphatic heterocycles. The Morgan fingerprint density at radius 1 is 0.862 bits per heavy atom. The quantitative estimate of drug-likeness (QED) is 0.413. The first-order chi connectivity index (χ1) is 14.2. The van der Waals surface area contributed by atoms with Gasteiger partial charge in [-0.15, -0.1) is 0 Å². The number of benzene rings is 3. The minimum absolute atomic E-state index is 0.200. The Kier molecular flexibility index (Phi) is 5.47. The van der Waals surface area contributed by atoms with Crippen molar-refractivity contribution in [3.05, 3.63) is 77.9 Å². The molecular formula is C24H26N2O3. The summed E-state index contributed by atoms with van der Waals surface area (Å²) in [4.78, 5) is 13.2. The monoisotopic (exact) mass is 390 g/mol. The molecule has 4 rings (SSSR count). The lowest BCUT2D eigenvalue weighted by molar-refractivity contribution is -0.0999. The number of anilines is 2. The maximum absolute atomic E-state index is 6.00. The van der Waals surface area contributed by atoms with Crippen molar-refractivity contribution >= 4 is 11.4 Å². The van der Waals surface area contributed by atoms with E-state index >= 15 is 0 Å². The van der Waals surface area contributed by atoms with Gasteiger partial charge in [0.25, 0.3) is 0 Å². The molecule has 0 bridgehead atoms. The molecule has 5 nitrogen and oxygen atoms in total. The minimum atomic E-state index is -0.200. The zero-order chi connectivity index (χ0) is 20.2. The molecule has 0 saturated carbocycles. The van der Waals surface area contributed by atoms with E-state index in [2.05, 4.69) is 37.1 Å². The lowest BCUT2D eigenvalue weighted by Crippen LogP contribution is -2.21. The van der Waals surface area contributed by atoms with Crippen LogP contribution in [0.5, 0.6) is 17.2 Å². The number of rotatable bonds is 7. The first-order valence-electron chi connectivity index (χ1n) is 9.99. The normalized spacial score (nSPS) is 14.5. The molecule has 29 heavy (non-hydrogen) atoms. The molecule has 1 aliphatic rings. The Bertz CT molecular complexity index is 951. The van der Waals surface area contributed by atoms with Crippen molar-refractivity contribution in [1.29, 1.82) is 0 Å². The topological polar surface area (TPSA) is 43.0 Å². The third-order valence-electron chi connectivity index (χ3n) is 5.05. The van der Waals surface area contributed by atoms with Crippen molar-refractivity contribution in [3.63, 3.8) is 0 Å². The summed E-state index contributed by atoms with van der Waals surface area (Å²) in [6.07, 6.45) is -0.200. The van der Waals surface area contributed by atoms with Gasteiger partial charge < -0.3 is 15.0 Å². The van der Waals surface area contributed by atoms with E-state index in [0.29, 0.717) is 11.5 Å². The van der Waals surface area contributed by atoms with Crippen LogP contribution in [0.4, 0.5) is 11.4 Å². The largest absolute Gasteiger partial charge is 0.464 e. The van der Waals surface area contributed by atoms with Crippen LogP contribution >= 0.6 is 0 Å². The van der Waals surface area contributed by atoms with Crippen LogP contribution in [-0.4, -0.2) is 13.1 Å². The maximum Gasteiger partial charge on any atom is 0.196 e. The summed E-state index contributed by atoms with van der Waals surface area (Å²) in [5.74, 6) is 2.18. The van der Waals surface area contributed by atoms with Gasteiger partial charge in [-0.2, -0.15) is 0 Å². The molecule has 150 valence electrons. The summed E-state index contributed by atoms with van der Waals surface area (Å²) in [6, 6.07) is 21.7. The van der Waals surface area contributed by atoms with Crippen LogP contribution < -0.4 is 24.7 Å². The van der Waals surface area contributed by atoms with E-state index in [4.69, 9.17) is 14.5 Å². The molecule has 0 radical (unpaired) electrons. The molecule has 0 aromatic heterocycles. The van der Waals surface area contributed by atoms with Gasteiger partial charge in [0, 0.05) is 24.3 Å². The van der Waals surface area contributed by atoms with Crippen LogP contribution in [0.1, 0.15) is 31.2 Å². The maximum atomic E-state index is 6.00. The van der Waals surface area contributed by atoms with Crippen LogP contribution in [0.25, 0.3) is 0 Å². The number of nitrogens with one attached hydrogen (secondary N) is 1. The first kappa shape index (κ1) is 19.0. The molecule has 0 amide bonds. The molecule has 3 aromatic carbocycles. The standard InChI is InChI=1S/C24H26N2O3/c1-4-26(5-2)19-9-13-21(14-10-19)29-28-20-11-7-18(8-12-20)24-25-22-15-6-17(3)16-23(22)27-24/h6-16,24-25H,4-5H2,1-3H3. The van der Waals surface area contributed by atoms with Gasteiger partial charge >= 0.3 is 0 Å². The zero-order valence-electron chi connectivity index (χ0n) is 17.0. The summed E-state index contributed by atoms with van der Waals surface area (Å²) in [7, 11) is 0. The summed E-state index contributed by atoms with van der Waals surface area (Å²) in [5.41, 5.74) is 4.39. The molecule has 0 spiro atoms. The van der Waals surface area contributed by atoms with Gasteiger partial charge in [-0.25, -0.2) is 0 Å². The third-order valence-corrected chi connectivity index (χ3v) is 5.05. The van der Waals surface area contributed by atoms with Crippen molar-refractivity contribution in [3.8, 4) is 17.2 Å². The highest BCUT2D eigenvalue weighted by Crippen LogP contribution is 2.38. The van der Waals surface area contributed by atoms with E-state index in [1.54, 1.807) is 0 Å². The van der Waals surface area contributed by atoms with Gasteiger partial charge in [0.15, 0.2) is 17.7 Å². The summed E-state index contributed by atoms with van der Waals surface area (Å²) in [5, 5.41) is 3.38. The molecule has 0 fully saturated rings. The summed E-state index contributed by atoms with van der Waals surface area (Å²) in [6.45, 7) is 8.30. The minimum Gasteiger partial charge on any atom is -0.464 e. The molecular weight excluding hydrogens is 364 g/mol. The average molecular weight is 390 g/mol. The van der Waals surface area contributed by atoms with E-state index in [1.165, 1.54) is 11.3 Å². The van der Waals surface area contributed by atoms with Gasteiger partial charge in [0.1, 0.15) is 5.75 Å². The van der Waals surface area contributed by atoms with E-state index in [1.807, 2.05) is 60.7 Å². The zero-order valence-corrected chi connectivity index (χ0v) is 17.0. The van der Waals surface area contributed by atoms with Gasteiger partial charge in [-0.3, -0.25) is 9.78 Å². The van der Waals surface area contributed by atoms with Crippen molar-refractivity contribution in [2.75, 3.05) is 23.3 Å². The predicted molar refractivity (Wildman–Crippen MR) is 116 cm³/mol. The fourth-order valence-electron chi connectivity index (χ4n) is 3.39. The Balaban J connectivity index is 1.34. The van der Waals surface area contributed by atoms with E-state index in [9.17, 15) is 0 Å². The highest BCUT2D eigenvalue weighted by atomic mass is 17.2. The predicted octanol–water partition coefficient (Wildman–Crippen LogP) is 5.72. The fourth-order valence-corrected chi connectivity index (χ4v) is 3.39. The summed E-state index contributed by atoms with van der Waals surface area (Å²) >= 11 is 0. The van der Waals surface area contributed by atoms with E-state index < -0.39 is 0 Å². The van der Waals surface area contributed by atoms with Crippen LogP contribution in [0.2, 0.25) is 0 Å². The number of nitrogens with zero attached hydrogens (tertiary/aromatic N) is 1. The number of aryl methyl sites for hydroxylation is 1. The highest BCUT2D eigenvalue weighted by molar-refractivity contribution is 5.62. The van der Waals surface area contributed by atoms with Gasteiger partial charge in [-0.05, 0) is 87.0 Å². The Morgan fingerprint density at radius 3 is 2.10 bits per heavy atom. The fraction of sp³-hybridized carbons (Fsp3) is 0.250. The molecule has 1 N–H and O–H groups in total. The van der Waals surface area contributed by atoms with Crippen molar-refractivity contribution < 1.29 is 14.5 Å². The average Bonchev–Trinajstić information content (AvgIpc) is 3.17. The number of fused-ring (bicyclic) bond motifs is 1. The van der Waals surface area contributed by atoms with Crippen LogP contribution in [0.3, 0.4) is 0 Å². The smallest absolute Gasteiger partial charge is 0.196 e. The second kappa shape index (κ2) is 8.35. The van der Waals surface area contributed by atoms with Gasteiger partial charge in [0.05, 0.1) is 5.69 Å². The number of ether oxygens (including phenoxy) is 1. The summed E-state index contributed by atoms with van der Waals surface area (Å²) < 4.78 is 6.00. The van der Waals surface area contributed by atoms with Gasteiger partial charge in [0.2, 0.25) is 0 Å². The third kappa shape index (κ3) is 4.24.